The summed E-state index contributed by atoms with van der Waals surface area (Å²) in [7, 11) is -10.4. The van der Waals surface area contributed by atoms with E-state index in [-0.39, 0.29) is 0 Å². The summed E-state index contributed by atoms with van der Waals surface area (Å²) in [6, 6.07) is -1.95. The molecule has 7 nitrogen and oxygen atoms in total. The van der Waals surface area contributed by atoms with E-state index < -0.39 is 31.2 Å². The maximum Gasteiger partial charge on any atom is 0.402 e. The minimum atomic E-state index is -5.40. The normalized spacial score (nSPS) is 12.2. The number of hydrogen-bond acceptors (Lipinski definition) is 5. The van der Waals surface area contributed by atoms with E-state index in [2.05, 4.69) is 0 Å². The van der Waals surface area contributed by atoms with Crippen LogP contribution in [0, 0.1) is 0 Å². The molecular formula is C2H4F2N2O5S2. The molecule has 0 aliphatic carbocycles. The summed E-state index contributed by atoms with van der Waals surface area (Å²) < 4.78 is 62.9. The Labute approximate surface area is 73.0 Å². The molecule has 0 bridgehead atoms. The summed E-state index contributed by atoms with van der Waals surface area (Å²) in [5.74, 6) is 0. The number of carbonyl (C=O) groups is 1. The molecule has 0 aliphatic heterocycles. The smallest absolute Gasteiger partial charge is 0.246 e. The topological polar surface area (TPSA) is 101 Å². The number of halogens is 2. The maximum absolute atomic E-state index is 11.9. The lowest BCUT2D eigenvalue weighted by Gasteiger charge is -2.09. The van der Waals surface area contributed by atoms with Crippen molar-refractivity contribution in [2.45, 2.75) is 0 Å². The zero-order valence-electron chi connectivity index (χ0n) is 6.06. The molecule has 0 aromatic heterocycles. The first-order valence-electron chi connectivity index (χ1n) is 2.49. The molecule has 0 aliphatic rings. The number of nitrogens with zero attached hydrogens (tertiary/aromatic N) is 1. The molecule has 0 unspecified atom stereocenters. The molecule has 0 saturated heterocycles. The first-order valence-corrected chi connectivity index (χ1v) is 5.21. The van der Waals surface area contributed by atoms with Gasteiger partial charge in [0.1, 0.15) is 0 Å². The first-order chi connectivity index (χ1) is 5.54. The first kappa shape index (κ1) is 12.0. The number of rotatable bonds is 2. The van der Waals surface area contributed by atoms with Crippen molar-refractivity contribution in [3.05, 3.63) is 0 Å². The maximum atomic E-state index is 11.9. The van der Waals surface area contributed by atoms with Crippen LogP contribution in [0.5, 0.6) is 0 Å². The van der Waals surface area contributed by atoms with E-state index in [1.165, 1.54) is 0 Å². The van der Waals surface area contributed by atoms with Crippen molar-refractivity contribution in [3.63, 3.8) is 0 Å². The fraction of sp³-hybridized carbons (Fsp3) is 0.500. The van der Waals surface area contributed by atoms with Crippen LogP contribution in [0.25, 0.3) is 0 Å². The van der Waals surface area contributed by atoms with Crippen molar-refractivity contribution in [3.8, 4) is 0 Å². The van der Waals surface area contributed by atoms with Gasteiger partial charge in [0.2, 0.25) is 0 Å². The van der Waals surface area contributed by atoms with E-state index in [9.17, 15) is 29.4 Å². The van der Waals surface area contributed by atoms with Gasteiger partial charge in [-0.05, 0) is 0 Å². The molecule has 0 rings (SSSR count). The molecule has 1 N–H and O–H groups in total. The summed E-state index contributed by atoms with van der Waals surface area (Å²) in [4.78, 5) is 10.4. The summed E-state index contributed by atoms with van der Waals surface area (Å²) in [6.07, 6.45) is 0. The second-order valence-electron chi connectivity index (χ2n) is 1.75. The Morgan fingerprint density at radius 1 is 1.23 bits per heavy atom. The van der Waals surface area contributed by atoms with Gasteiger partial charge in [-0.3, -0.25) is 0 Å². The number of amides is 2. The van der Waals surface area contributed by atoms with Gasteiger partial charge in [-0.2, -0.15) is 21.1 Å². The summed E-state index contributed by atoms with van der Waals surface area (Å²) in [5.41, 5.74) is 0. The summed E-state index contributed by atoms with van der Waals surface area (Å²) >= 11 is 0. The van der Waals surface area contributed by atoms with Gasteiger partial charge in [0.05, 0.1) is 0 Å². The van der Waals surface area contributed by atoms with E-state index in [0.717, 1.165) is 0 Å². The van der Waals surface area contributed by atoms with Crippen LogP contribution in [0.4, 0.5) is 12.6 Å². The van der Waals surface area contributed by atoms with Gasteiger partial charge in [-0.1, -0.05) is 7.77 Å². The quantitative estimate of drug-likeness (QED) is 0.625. The third-order valence-electron chi connectivity index (χ3n) is 0.822. The van der Waals surface area contributed by atoms with Crippen LogP contribution in [-0.2, 0) is 20.8 Å². The molecule has 0 spiro atoms. The van der Waals surface area contributed by atoms with Gasteiger partial charge in [0.15, 0.2) is 0 Å². The molecule has 0 saturated carbocycles. The number of urea groups is 1. The Kier molecular flexibility index (Phi) is 3.16. The van der Waals surface area contributed by atoms with Gasteiger partial charge < -0.3 is 0 Å². The molecule has 0 aromatic rings. The highest BCUT2D eigenvalue weighted by Crippen LogP contribution is 1.99. The van der Waals surface area contributed by atoms with E-state index >= 15 is 0 Å². The molecule has 0 radical (unpaired) electrons. The lowest BCUT2D eigenvalue weighted by Crippen LogP contribution is -2.40. The predicted molar refractivity (Wildman–Crippen MR) is 36.4 cm³/mol. The zero-order chi connectivity index (χ0) is 10.9. The van der Waals surface area contributed by atoms with Gasteiger partial charge in [0.25, 0.3) is 0 Å². The van der Waals surface area contributed by atoms with Gasteiger partial charge >= 0.3 is 26.8 Å². The third-order valence-corrected chi connectivity index (χ3v) is 2.06. The zero-order valence-corrected chi connectivity index (χ0v) is 7.69. The largest absolute Gasteiger partial charge is 0.402 e. The molecule has 0 fully saturated rings. The minimum Gasteiger partial charge on any atom is -0.246 e. The SMILES string of the molecule is CN(C(=O)NS(=O)(=O)F)S(=O)(=O)F. The highest BCUT2D eigenvalue weighted by molar-refractivity contribution is 7.86. The molecule has 0 aromatic carbocycles. The standard InChI is InChI=1S/C2H4F2N2O5S2/c1-6(13(4,10)11)2(7)5-12(3,8)9/h1H3,(H,5,7). The Morgan fingerprint density at radius 3 is 1.85 bits per heavy atom. The van der Waals surface area contributed by atoms with Crippen molar-refractivity contribution in [1.82, 2.24) is 9.03 Å². The van der Waals surface area contributed by atoms with Crippen LogP contribution in [0.15, 0.2) is 0 Å². The van der Waals surface area contributed by atoms with Crippen LogP contribution in [-0.4, -0.2) is 34.2 Å². The van der Waals surface area contributed by atoms with Crippen LogP contribution in [0.3, 0.4) is 0 Å². The average Bonchev–Trinajstić information content (AvgIpc) is 1.79. The van der Waals surface area contributed by atoms with Crippen LogP contribution < -0.4 is 4.72 Å². The van der Waals surface area contributed by atoms with Crippen molar-refractivity contribution >= 4 is 26.8 Å². The molecule has 0 heterocycles. The van der Waals surface area contributed by atoms with Gasteiger partial charge in [-0.25, -0.2) is 9.52 Å². The molecule has 78 valence electrons. The predicted octanol–water partition coefficient (Wildman–Crippen LogP) is -0.944. The molecule has 0 atom stereocenters. The van der Waals surface area contributed by atoms with E-state index in [4.69, 9.17) is 0 Å². The lowest BCUT2D eigenvalue weighted by molar-refractivity contribution is 0.232. The highest BCUT2D eigenvalue weighted by atomic mass is 32.3. The highest BCUT2D eigenvalue weighted by Gasteiger charge is 2.25. The molecule has 13 heavy (non-hydrogen) atoms. The van der Waals surface area contributed by atoms with Crippen molar-refractivity contribution < 1.29 is 29.4 Å². The summed E-state index contributed by atoms with van der Waals surface area (Å²) in [6.45, 7) is 0. The minimum absolute atomic E-state index is 0.413. The Morgan fingerprint density at radius 2 is 1.62 bits per heavy atom. The van der Waals surface area contributed by atoms with Crippen LogP contribution in [0.1, 0.15) is 0 Å². The molecular weight excluding hydrogens is 234 g/mol. The van der Waals surface area contributed by atoms with Crippen molar-refractivity contribution in [1.29, 1.82) is 0 Å². The Hall–Kier alpha value is -0.970. The van der Waals surface area contributed by atoms with Gasteiger partial charge in [0, 0.05) is 7.05 Å². The number of nitrogens with one attached hydrogen (secondary N) is 1. The van der Waals surface area contributed by atoms with Crippen LogP contribution in [0.2, 0.25) is 0 Å². The van der Waals surface area contributed by atoms with Gasteiger partial charge in [-0.15, -0.1) is 0 Å². The molecule has 11 heteroatoms. The average molecular weight is 238 g/mol. The third kappa shape index (κ3) is 4.57. The molecule has 2 amide bonds. The van der Waals surface area contributed by atoms with Crippen molar-refractivity contribution in [2.24, 2.45) is 0 Å². The van der Waals surface area contributed by atoms with E-state index in [1.807, 2.05) is 0 Å². The van der Waals surface area contributed by atoms with Crippen LogP contribution >= 0.6 is 0 Å². The number of carbonyl (C=O) groups excluding carboxylic acids is 1. The van der Waals surface area contributed by atoms with E-state index in [0.29, 0.717) is 11.8 Å². The second-order valence-corrected chi connectivity index (χ2v) is 4.21. The fourth-order valence-electron chi connectivity index (χ4n) is 0.268. The monoisotopic (exact) mass is 238 g/mol. The van der Waals surface area contributed by atoms with Crippen molar-refractivity contribution in [2.75, 3.05) is 7.05 Å². The summed E-state index contributed by atoms with van der Waals surface area (Å²) in [5, 5.41) is 0. The second kappa shape index (κ2) is 3.41. The number of hydrogen-bond donors (Lipinski definition) is 1. The lowest BCUT2D eigenvalue weighted by atomic mass is 11.0. The Bertz CT molecular complexity index is 398. The van der Waals surface area contributed by atoms with E-state index in [1.54, 1.807) is 0 Å². The Balaban J connectivity index is 4.67. The fourth-order valence-corrected chi connectivity index (χ4v) is 0.915.